The highest BCUT2D eigenvalue weighted by molar-refractivity contribution is 5.70. The summed E-state index contributed by atoms with van der Waals surface area (Å²) in [7, 11) is 2.98. The van der Waals surface area contributed by atoms with Crippen LogP contribution in [0.25, 0.3) is 0 Å². The molecule has 1 aromatic heterocycles. The highest BCUT2D eigenvalue weighted by atomic mass is 16.5. The predicted molar refractivity (Wildman–Crippen MR) is 94.0 cm³/mol. The van der Waals surface area contributed by atoms with Gasteiger partial charge in [0.05, 0.1) is 19.8 Å². The Balaban J connectivity index is 2.68. The van der Waals surface area contributed by atoms with Crippen LogP contribution in [0.2, 0.25) is 0 Å². The minimum absolute atomic E-state index is 0.211. The lowest BCUT2D eigenvalue weighted by atomic mass is 9.68. The lowest BCUT2D eigenvalue weighted by Gasteiger charge is -2.43. The number of pyridine rings is 1. The molecule has 2 rings (SSSR count). The number of rotatable bonds is 3. The molecule has 1 aliphatic rings. The van der Waals surface area contributed by atoms with Crippen molar-refractivity contribution in [3.8, 4) is 5.88 Å². The second kappa shape index (κ2) is 7.07. The maximum absolute atomic E-state index is 12.1. The van der Waals surface area contributed by atoms with Gasteiger partial charge in [-0.05, 0) is 44.7 Å². The van der Waals surface area contributed by atoms with Crippen molar-refractivity contribution in [3.05, 3.63) is 46.7 Å². The van der Waals surface area contributed by atoms with E-state index in [4.69, 9.17) is 9.47 Å². The van der Waals surface area contributed by atoms with E-state index in [9.17, 15) is 4.79 Å². The van der Waals surface area contributed by atoms with Gasteiger partial charge in [-0.25, -0.2) is 9.78 Å². The maximum Gasteiger partial charge on any atom is 0.407 e. The van der Waals surface area contributed by atoms with Crippen LogP contribution in [0.5, 0.6) is 5.88 Å². The topological polar surface area (TPSA) is 60.5 Å². The molecule has 0 fully saturated rings. The van der Waals surface area contributed by atoms with Crippen LogP contribution in [0, 0.1) is 12.8 Å². The van der Waals surface area contributed by atoms with Crippen molar-refractivity contribution in [2.24, 2.45) is 5.92 Å². The summed E-state index contributed by atoms with van der Waals surface area (Å²) < 4.78 is 10.1. The minimum Gasteiger partial charge on any atom is -0.481 e. The van der Waals surface area contributed by atoms with Crippen LogP contribution in [0.1, 0.15) is 38.4 Å². The number of hydrogen-bond acceptors (Lipinski definition) is 4. The summed E-state index contributed by atoms with van der Waals surface area (Å²) in [4.78, 5) is 16.6. The fraction of sp³-hybridized carbons (Fsp3) is 0.474. The van der Waals surface area contributed by atoms with E-state index in [1.807, 2.05) is 26.0 Å². The molecule has 5 nitrogen and oxygen atoms in total. The number of ether oxygens (including phenoxy) is 2. The van der Waals surface area contributed by atoms with E-state index in [0.29, 0.717) is 12.3 Å². The molecule has 24 heavy (non-hydrogen) atoms. The molecule has 0 saturated carbocycles. The van der Waals surface area contributed by atoms with Crippen LogP contribution >= 0.6 is 0 Å². The number of methoxy groups -OCH3 is 2. The zero-order chi connectivity index (χ0) is 17.9. The van der Waals surface area contributed by atoms with Gasteiger partial charge in [0.15, 0.2) is 0 Å². The quantitative estimate of drug-likeness (QED) is 0.854. The van der Waals surface area contributed by atoms with Gasteiger partial charge in [-0.1, -0.05) is 24.6 Å². The number of allylic oxidation sites excluding steroid dienone is 2. The Hall–Kier alpha value is -2.30. The molecule has 0 aromatic carbocycles. The second-order valence-corrected chi connectivity index (χ2v) is 6.23. The third-order valence-corrected chi connectivity index (χ3v) is 4.60. The Bertz CT molecular complexity index is 694. The lowest BCUT2D eigenvalue weighted by molar-refractivity contribution is 0.157. The molecule has 0 bridgehead atoms. The predicted octanol–water partition coefficient (Wildman–Crippen LogP) is 3.88. The molecule has 1 N–H and O–H groups in total. The molecular formula is C19H26N2O3. The molecule has 0 radical (unpaired) electrons. The summed E-state index contributed by atoms with van der Waals surface area (Å²) in [5, 5.41) is 3.09. The summed E-state index contributed by atoms with van der Waals surface area (Å²) in [6.07, 6.45) is 4.54. The van der Waals surface area contributed by atoms with Gasteiger partial charge in [0.1, 0.15) is 0 Å². The molecule has 130 valence electrons. The summed E-state index contributed by atoms with van der Waals surface area (Å²) in [5.41, 5.74) is 3.48. The van der Waals surface area contributed by atoms with E-state index >= 15 is 0 Å². The molecule has 1 amide bonds. The van der Waals surface area contributed by atoms with Gasteiger partial charge in [-0.15, -0.1) is 0 Å². The normalized spacial score (nSPS) is 25.2. The first-order valence-electron chi connectivity index (χ1n) is 8.10. The van der Waals surface area contributed by atoms with Crippen molar-refractivity contribution in [1.82, 2.24) is 10.3 Å². The Morgan fingerprint density at radius 3 is 2.62 bits per heavy atom. The molecule has 1 aliphatic carbocycles. The largest absolute Gasteiger partial charge is 0.481 e. The van der Waals surface area contributed by atoms with Crippen LogP contribution in [-0.2, 0) is 10.3 Å². The van der Waals surface area contributed by atoms with Gasteiger partial charge in [-0.3, -0.25) is 0 Å². The maximum atomic E-state index is 12.1. The smallest absolute Gasteiger partial charge is 0.407 e. The number of hydrogen-bond donors (Lipinski definition) is 1. The lowest BCUT2D eigenvalue weighted by Crippen LogP contribution is -2.50. The van der Waals surface area contributed by atoms with Crippen LogP contribution in [0.4, 0.5) is 4.79 Å². The molecular weight excluding hydrogens is 304 g/mol. The van der Waals surface area contributed by atoms with Crippen molar-refractivity contribution >= 4 is 6.09 Å². The van der Waals surface area contributed by atoms with Crippen LogP contribution in [0.15, 0.2) is 35.4 Å². The van der Waals surface area contributed by atoms with Crippen molar-refractivity contribution in [3.63, 3.8) is 0 Å². The average molecular weight is 330 g/mol. The zero-order valence-electron chi connectivity index (χ0n) is 15.3. The standard InChI is InChI=1S/C19H26N2O3/c1-7-15-13(3)10-12(2)11-19(15,21-18(22)24-6)16-8-9-17(23-5)20-14(16)4/h7-10,13H,11H2,1-6H3,(H,21,22)/b15-7+/t13-,19-/m1/s1. The molecule has 0 spiro atoms. The Morgan fingerprint density at radius 2 is 2.08 bits per heavy atom. The first kappa shape index (κ1) is 18.0. The van der Waals surface area contributed by atoms with Crippen molar-refractivity contribution in [1.29, 1.82) is 0 Å². The Kier molecular flexibility index (Phi) is 5.32. The van der Waals surface area contributed by atoms with E-state index in [1.165, 1.54) is 12.7 Å². The Labute approximate surface area is 143 Å². The number of aromatic nitrogens is 1. The fourth-order valence-corrected chi connectivity index (χ4v) is 3.76. The first-order valence-corrected chi connectivity index (χ1v) is 8.10. The summed E-state index contributed by atoms with van der Waals surface area (Å²) in [6, 6.07) is 3.81. The van der Waals surface area contributed by atoms with Gasteiger partial charge in [-0.2, -0.15) is 0 Å². The van der Waals surface area contributed by atoms with E-state index in [0.717, 1.165) is 16.8 Å². The van der Waals surface area contributed by atoms with Crippen molar-refractivity contribution < 1.29 is 14.3 Å². The first-order chi connectivity index (χ1) is 11.4. The number of carbonyl (C=O) groups excluding carboxylic acids is 1. The third-order valence-electron chi connectivity index (χ3n) is 4.60. The van der Waals surface area contributed by atoms with Gasteiger partial charge < -0.3 is 14.8 Å². The average Bonchev–Trinajstić information content (AvgIpc) is 2.53. The van der Waals surface area contributed by atoms with Gasteiger partial charge in [0.25, 0.3) is 0 Å². The summed E-state index contributed by atoms with van der Waals surface area (Å²) in [6.45, 7) is 8.16. The number of nitrogens with zero attached hydrogens (tertiary/aromatic N) is 1. The van der Waals surface area contributed by atoms with E-state index in [1.54, 1.807) is 7.11 Å². The number of aryl methyl sites for hydroxylation is 1. The van der Waals surface area contributed by atoms with E-state index < -0.39 is 11.6 Å². The highest BCUT2D eigenvalue weighted by Gasteiger charge is 2.43. The van der Waals surface area contributed by atoms with Gasteiger partial charge in [0, 0.05) is 17.3 Å². The minimum atomic E-state index is -0.663. The molecule has 0 aliphatic heterocycles. The monoisotopic (exact) mass is 330 g/mol. The third kappa shape index (κ3) is 3.16. The zero-order valence-corrected chi connectivity index (χ0v) is 15.3. The van der Waals surface area contributed by atoms with Gasteiger partial charge >= 0.3 is 6.09 Å². The van der Waals surface area contributed by atoms with Crippen molar-refractivity contribution in [2.45, 2.75) is 39.7 Å². The second-order valence-electron chi connectivity index (χ2n) is 6.23. The SMILES string of the molecule is C/C=C1\[C@H](C)C=C(C)C[C@]1(NC(=O)OC)c1ccc(OC)nc1C. The van der Waals surface area contributed by atoms with Gasteiger partial charge in [0.2, 0.25) is 5.88 Å². The molecule has 0 unspecified atom stereocenters. The number of amides is 1. The molecule has 0 saturated heterocycles. The number of carbonyl (C=O) groups is 1. The molecule has 1 heterocycles. The molecule has 1 aromatic rings. The number of alkyl carbamates (subject to hydrolysis) is 1. The highest BCUT2D eigenvalue weighted by Crippen LogP contribution is 2.45. The molecule has 5 heteroatoms. The summed E-state index contributed by atoms with van der Waals surface area (Å²) >= 11 is 0. The fourth-order valence-electron chi connectivity index (χ4n) is 3.76. The van der Waals surface area contributed by atoms with Crippen LogP contribution < -0.4 is 10.1 Å². The van der Waals surface area contributed by atoms with E-state index in [2.05, 4.69) is 36.3 Å². The van der Waals surface area contributed by atoms with Crippen molar-refractivity contribution in [2.75, 3.05) is 14.2 Å². The number of nitrogens with one attached hydrogen (secondary N) is 1. The van der Waals surface area contributed by atoms with Crippen LogP contribution in [-0.4, -0.2) is 25.3 Å². The summed E-state index contributed by atoms with van der Waals surface area (Å²) in [5.74, 6) is 0.769. The Morgan fingerprint density at radius 1 is 1.38 bits per heavy atom. The van der Waals surface area contributed by atoms with Crippen LogP contribution in [0.3, 0.4) is 0 Å². The van der Waals surface area contributed by atoms with E-state index in [-0.39, 0.29) is 5.92 Å². The molecule has 2 atom stereocenters.